The Labute approximate surface area is 146 Å². The normalized spacial score (nSPS) is 18.2. The standard InChI is InChI=1S/C15H14ClF3N4O2/c16-10-5-1-2-6-11(10)20-14(24)23-7-3-4-9(8-23)12-21-22-13(25-12)15(17,18)19/h1-2,5-6,9H,3-4,7-8H2,(H,20,24)/t9-/m1/s1. The molecule has 2 amide bonds. The van der Waals surface area contributed by atoms with E-state index < -0.39 is 18.0 Å². The molecule has 0 aliphatic carbocycles. The van der Waals surface area contributed by atoms with Crippen LogP contribution in [0.25, 0.3) is 0 Å². The summed E-state index contributed by atoms with van der Waals surface area (Å²) in [6, 6.07) is 6.40. The fourth-order valence-corrected chi connectivity index (χ4v) is 2.82. The van der Waals surface area contributed by atoms with Gasteiger partial charge in [0.15, 0.2) is 0 Å². The number of carbonyl (C=O) groups is 1. The van der Waals surface area contributed by atoms with Gasteiger partial charge in [0.2, 0.25) is 5.89 Å². The van der Waals surface area contributed by atoms with E-state index in [2.05, 4.69) is 15.5 Å². The van der Waals surface area contributed by atoms with E-state index in [-0.39, 0.29) is 18.5 Å². The van der Waals surface area contributed by atoms with Crippen molar-refractivity contribution in [1.29, 1.82) is 0 Å². The summed E-state index contributed by atoms with van der Waals surface area (Å²) in [5.74, 6) is -1.92. The van der Waals surface area contributed by atoms with Crippen molar-refractivity contribution >= 4 is 23.3 Å². The highest BCUT2D eigenvalue weighted by atomic mass is 35.5. The molecule has 1 N–H and O–H groups in total. The predicted octanol–water partition coefficient (Wildman–Crippen LogP) is 4.15. The van der Waals surface area contributed by atoms with Crippen molar-refractivity contribution < 1.29 is 22.4 Å². The average Bonchev–Trinajstić information content (AvgIpc) is 3.07. The van der Waals surface area contributed by atoms with E-state index in [4.69, 9.17) is 16.0 Å². The first-order valence-corrected chi connectivity index (χ1v) is 7.93. The maximum atomic E-state index is 12.6. The lowest BCUT2D eigenvalue weighted by Crippen LogP contribution is -2.41. The summed E-state index contributed by atoms with van der Waals surface area (Å²) >= 11 is 6.00. The van der Waals surface area contributed by atoms with Crippen molar-refractivity contribution in [3.05, 3.63) is 41.1 Å². The molecule has 0 bridgehead atoms. The van der Waals surface area contributed by atoms with Gasteiger partial charge in [-0.15, -0.1) is 10.2 Å². The Balaban J connectivity index is 1.67. The van der Waals surface area contributed by atoms with Gasteiger partial charge in [-0.3, -0.25) is 0 Å². The monoisotopic (exact) mass is 374 g/mol. The maximum Gasteiger partial charge on any atom is 0.470 e. The number of rotatable bonds is 2. The van der Waals surface area contributed by atoms with Gasteiger partial charge in [0.1, 0.15) is 0 Å². The molecule has 1 aliphatic rings. The molecule has 0 radical (unpaired) electrons. The minimum Gasteiger partial charge on any atom is -0.417 e. The van der Waals surface area contributed by atoms with Crippen molar-refractivity contribution in [3.8, 4) is 0 Å². The lowest BCUT2D eigenvalue weighted by molar-refractivity contribution is -0.157. The molecule has 1 aromatic heterocycles. The van der Waals surface area contributed by atoms with Crippen molar-refractivity contribution in [3.63, 3.8) is 0 Å². The molecule has 3 rings (SSSR count). The zero-order valence-electron chi connectivity index (χ0n) is 12.9. The number of alkyl halides is 3. The molecular weight excluding hydrogens is 361 g/mol. The summed E-state index contributed by atoms with van der Waals surface area (Å²) in [6.45, 7) is 0.669. The van der Waals surface area contributed by atoms with Gasteiger partial charge in [0.05, 0.1) is 16.6 Å². The van der Waals surface area contributed by atoms with E-state index in [1.807, 2.05) is 0 Å². The van der Waals surface area contributed by atoms with Crippen LogP contribution in [0.5, 0.6) is 0 Å². The quantitative estimate of drug-likeness (QED) is 0.857. The van der Waals surface area contributed by atoms with Crippen molar-refractivity contribution in [1.82, 2.24) is 15.1 Å². The third kappa shape index (κ3) is 4.04. The molecule has 1 aliphatic heterocycles. The Bertz CT molecular complexity index is 765. The van der Waals surface area contributed by atoms with Crippen LogP contribution >= 0.6 is 11.6 Å². The van der Waals surface area contributed by atoms with E-state index in [0.717, 1.165) is 0 Å². The minimum atomic E-state index is -4.68. The summed E-state index contributed by atoms with van der Waals surface area (Å²) in [5.41, 5.74) is 0.466. The third-order valence-corrected chi connectivity index (χ3v) is 4.19. The van der Waals surface area contributed by atoms with E-state index in [1.54, 1.807) is 24.3 Å². The van der Waals surface area contributed by atoms with Crippen LogP contribution in [0.1, 0.15) is 30.5 Å². The average molecular weight is 375 g/mol. The lowest BCUT2D eigenvalue weighted by Gasteiger charge is -2.31. The summed E-state index contributed by atoms with van der Waals surface area (Å²) in [5, 5.41) is 9.60. The van der Waals surface area contributed by atoms with Crippen LogP contribution in [0.2, 0.25) is 5.02 Å². The van der Waals surface area contributed by atoms with Gasteiger partial charge in [-0.05, 0) is 25.0 Å². The molecule has 25 heavy (non-hydrogen) atoms. The molecular formula is C15H14ClF3N4O2. The maximum absolute atomic E-state index is 12.6. The van der Waals surface area contributed by atoms with Crippen LogP contribution in [0.3, 0.4) is 0 Å². The lowest BCUT2D eigenvalue weighted by atomic mass is 9.98. The van der Waals surface area contributed by atoms with Gasteiger partial charge >= 0.3 is 18.1 Å². The molecule has 6 nitrogen and oxygen atoms in total. The molecule has 1 atom stereocenters. The second-order valence-electron chi connectivity index (χ2n) is 5.64. The van der Waals surface area contributed by atoms with Gasteiger partial charge in [-0.1, -0.05) is 23.7 Å². The smallest absolute Gasteiger partial charge is 0.417 e. The van der Waals surface area contributed by atoms with Crippen molar-refractivity contribution in [2.24, 2.45) is 0 Å². The van der Waals surface area contributed by atoms with Crippen LogP contribution in [-0.2, 0) is 6.18 Å². The van der Waals surface area contributed by atoms with E-state index in [9.17, 15) is 18.0 Å². The van der Waals surface area contributed by atoms with Crippen LogP contribution in [0.4, 0.5) is 23.7 Å². The molecule has 134 valence electrons. The number of carbonyl (C=O) groups excluding carboxylic acids is 1. The third-order valence-electron chi connectivity index (χ3n) is 3.86. The Morgan fingerprint density at radius 1 is 1.32 bits per heavy atom. The van der Waals surface area contributed by atoms with E-state index >= 15 is 0 Å². The topological polar surface area (TPSA) is 71.3 Å². The van der Waals surface area contributed by atoms with E-state index in [1.165, 1.54) is 4.90 Å². The molecule has 0 saturated carbocycles. The zero-order chi connectivity index (χ0) is 18.0. The van der Waals surface area contributed by atoms with Crippen LogP contribution in [-0.4, -0.2) is 34.2 Å². The molecule has 1 saturated heterocycles. The number of anilines is 1. The number of amides is 2. The molecule has 2 heterocycles. The summed E-state index contributed by atoms with van der Waals surface area (Å²) in [6.07, 6.45) is -3.50. The van der Waals surface area contributed by atoms with Crippen LogP contribution in [0, 0.1) is 0 Å². The first-order chi connectivity index (χ1) is 11.8. The second-order valence-corrected chi connectivity index (χ2v) is 6.05. The number of likely N-dealkylation sites (tertiary alicyclic amines) is 1. The van der Waals surface area contributed by atoms with Crippen LogP contribution < -0.4 is 5.32 Å². The predicted molar refractivity (Wildman–Crippen MR) is 83.3 cm³/mol. The number of halogens is 4. The highest BCUT2D eigenvalue weighted by Gasteiger charge is 2.39. The number of piperidine rings is 1. The molecule has 0 spiro atoms. The fraction of sp³-hybridized carbons (Fsp3) is 0.400. The second kappa shape index (κ2) is 6.91. The highest BCUT2D eigenvalue weighted by Crippen LogP contribution is 2.32. The van der Waals surface area contributed by atoms with Gasteiger partial charge in [-0.25, -0.2) is 4.79 Å². The number of urea groups is 1. The summed E-state index contributed by atoms with van der Waals surface area (Å²) in [7, 11) is 0. The highest BCUT2D eigenvalue weighted by molar-refractivity contribution is 6.33. The molecule has 10 heteroatoms. The zero-order valence-corrected chi connectivity index (χ0v) is 13.6. The Kier molecular flexibility index (Phi) is 4.85. The number of nitrogens with one attached hydrogen (secondary N) is 1. The molecule has 0 unspecified atom stereocenters. The van der Waals surface area contributed by atoms with E-state index in [0.29, 0.717) is 30.1 Å². The molecule has 2 aromatic rings. The van der Waals surface area contributed by atoms with Gasteiger partial charge < -0.3 is 14.6 Å². The van der Waals surface area contributed by atoms with Crippen molar-refractivity contribution in [2.75, 3.05) is 18.4 Å². The van der Waals surface area contributed by atoms with Crippen LogP contribution in [0.15, 0.2) is 28.7 Å². The number of hydrogen-bond donors (Lipinski definition) is 1. The van der Waals surface area contributed by atoms with Gasteiger partial charge in [0, 0.05) is 13.1 Å². The first kappa shape index (κ1) is 17.5. The Morgan fingerprint density at radius 2 is 2.08 bits per heavy atom. The van der Waals surface area contributed by atoms with Gasteiger partial charge in [-0.2, -0.15) is 13.2 Å². The summed E-state index contributed by atoms with van der Waals surface area (Å²) < 4.78 is 42.4. The fourth-order valence-electron chi connectivity index (χ4n) is 2.63. The molecule has 1 aromatic carbocycles. The Hall–Kier alpha value is -2.29. The molecule has 1 fully saturated rings. The number of hydrogen-bond acceptors (Lipinski definition) is 4. The number of para-hydroxylation sites is 1. The minimum absolute atomic E-state index is 0.109. The van der Waals surface area contributed by atoms with Crippen molar-refractivity contribution in [2.45, 2.75) is 24.9 Å². The SMILES string of the molecule is O=C(Nc1ccccc1Cl)N1CCC[C@@H](c2nnc(C(F)(F)F)o2)C1. The van der Waals surface area contributed by atoms with Gasteiger partial charge in [0.25, 0.3) is 0 Å². The number of nitrogens with zero attached hydrogens (tertiary/aromatic N) is 3. The largest absolute Gasteiger partial charge is 0.470 e. The summed E-state index contributed by atoms with van der Waals surface area (Å²) in [4.78, 5) is 13.9. The number of benzene rings is 1. The first-order valence-electron chi connectivity index (χ1n) is 7.55. The Morgan fingerprint density at radius 3 is 2.76 bits per heavy atom. The number of aromatic nitrogens is 2.